The first-order valence-electron chi connectivity index (χ1n) is 9.81. The van der Waals surface area contributed by atoms with Crippen LogP contribution in [0.1, 0.15) is 22.5 Å². The maximum Gasteiger partial charge on any atom is 0.140 e. The van der Waals surface area contributed by atoms with Crippen molar-refractivity contribution in [3.8, 4) is 0 Å². The predicted octanol–water partition coefficient (Wildman–Crippen LogP) is 3.94. The molecule has 2 aromatic heterocycles. The van der Waals surface area contributed by atoms with E-state index in [-0.39, 0.29) is 0 Å². The molecule has 3 heterocycles. The van der Waals surface area contributed by atoms with Crippen molar-refractivity contribution in [2.75, 3.05) is 11.4 Å². The molecule has 0 amide bonds. The van der Waals surface area contributed by atoms with Gasteiger partial charge in [0, 0.05) is 30.6 Å². The molecule has 5 rings (SSSR count). The van der Waals surface area contributed by atoms with Crippen molar-refractivity contribution in [1.82, 2.24) is 19.5 Å². The lowest BCUT2D eigenvalue weighted by molar-refractivity contribution is 0.623. The Morgan fingerprint density at radius 1 is 0.964 bits per heavy atom. The van der Waals surface area contributed by atoms with E-state index in [2.05, 4.69) is 74.9 Å². The van der Waals surface area contributed by atoms with Crippen LogP contribution in [-0.4, -0.2) is 26.1 Å². The van der Waals surface area contributed by atoms with Crippen LogP contribution in [0.15, 0.2) is 61.2 Å². The highest BCUT2D eigenvalue weighted by molar-refractivity contribution is 5.92. The lowest BCUT2D eigenvalue weighted by Gasteiger charge is -2.29. The monoisotopic (exact) mass is 369 g/mol. The smallest absolute Gasteiger partial charge is 0.140 e. The first-order valence-corrected chi connectivity index (χ1v) is 9.81. The molecule has 1 aliphatic rings. The summed E-state index contributed by atoms with van der Waals surface area (Å²) in [4.78, 5) is 16.1. The third-order valence-corrected chi connectivity index (χ3v) is 5.63. The van der Waals surface area contributed by atoms with Gasteiger partial charge in [-0.2, -0.15) is 0 Å². The molecule has 4 aromatic rings. The second kappa shape index (κ2) is 7.08. The van der Waals surface area contributed by atoms with Gasteiger partial charge in [-0.15, -0.1) is 0 Å². The van der Waals surface area contributed by atoms with Gasteiger partial charge in [0.05, 0.1) is 24.1 Å². The van der Waals surface area contributed by atoms with Crippen molar-refractivity contribution in [2.45, 2.75) is 32.9 Å². The molecule has 0 radical (unpaired) electrons. The normalized spacial score (nSPS) is 13.7. The van der Waals surface area contributed by atoms with Crippen molar-refractivity contribution < 1.29 is 0 Å². The molecule has 0 aliphatic carbocycles. The minimum atomic E-state index is 0.800. The van der Waals surface area contributed by atoms with Gasteiger partial charge in [0.15, 0.2) is 0 Å². The Morgan fingerprint density at radius 3 is 2.75 bits per heavy atom. The Kier molecular flexibility index (Phi) is 4.28. The molecule has 0 fully saturated rings. The molecule has 0 spiro atoms. The molecule has 5 heteroatoms. The van der Waals surface area contributed by atoms with E-state index in [0.29, 0.717) is 0 Å². The lowest BCUT2D eigenvalue weighted by Crippen LogP contribution is -2.32. The number of imidazole rings is 1. The molecule has 0 N–H and O–H groups in total. The highest BCUT2D eigenvalue weighted by Gasteiger charge is 2.23. The van der Waals surface area contributed by atoms with Crippen LogP contribution in [0, 0.1) is 6.92 Å². The fourth-order valence-electron chi connectivity index (χ4n) is 4.14. The average Bonchev–Trinajstić information content (AvgIpc) is 3.15. The summed E-state index contributed by atoms with van der Waals surface area (Å²) in [7, 11) is 0. The van der Waals surface area contributed by atoms with Crippen LogP contribution in [0.2, 0.25) is 0 Å². The minimum absolute atomic E-state index is 0.800. The SMILES string of the molecule is Cc1cccc2ncnc(N3CCc4c(ncn4CCc4ccccc4)C3)c12. The summed E-state index contributed by atoms with van der Waals surface area (Å²) < 4.78 is 2.32. The van der Waals surface area contributed by atoms with Crippen molar-refractivity contribution in [1.29, 1.82) is 0 Å². The van der Waals surface area contributed by atoms with Gasteiger partial charge in [0.2, 0.25) is 0 Å². The third kappa shape index (κ3) is 3.03. The average molecular weight is 369 g/mol. The van der Waals surface area contributed by atoms with Crippen molar-refractivity contribution in [2.24, 2.45) is 0 Å². The first kappa shape index (κ1) is 16.9. The standard InChI is InChI=1S/C23H23N5/c1-17-6-5-9-19-22(17)23(25-15-24-19)27-13-11-21-20(14-27)26-16-28(21)12-10-18-7-3-2-4-8-18/h2-9,15-16H,10-14H2,1H3. The number of rotatable bonds is 4. The topological polar surface area (TPSA) is 46.8 Å². The maximum atomic E-state index is 4.73. The number of aromatic nitrogens is 4. The van der Waals surface area contributed by atoms with Gasteiger partial charge in [-0.1, -0.05) is 42.5 Å². The molecule has 0 bridgehead atoms. The highest BCUT2D eigenvalue weighted by Crippen LogP contribution is 2.29. The van der Waals surface area contributed by atoms with E-state index in [9.17, 15) is 0 Å². The summed E-state index contributed by atoms with van der Waals surface area (Å²) >= 11 is 0. The summed E-state index contributed by atoms with van der Waals surface area (Å²) in [5.74, 6) is 1.02. The number of hydrogen-bond donors (Lipinski definition) is 0. The van der Waals surface area contributed by atoms with Crippen LogP contribution in [0.5, 0.6) is 0 Å². The summed E-state index contributed by atoms with van der Waals surface area (Å²) in [5, 5.41) is 1.15. The van der Waals surface area contributed by atoms with Crippen molar-refractivity contribution >= 4 is 16.7 Å². The third-order valence-electron chi connectivity index (χ3n) is 5.63. The molecule has 1 aliphatic heterocycles. The van der Waals surface area contributed by atoms with Gasteiger partial charge in [0.1, 0.15) is 12.1 Å². The summed E-state index contributed by atoms with van der Waals surface area (Å²) in [6.07, 6.45) is 5.69. The Bertz CT molecular complexity index is 1110. The van der Waals surface area contributed by atoms with E-state index in [4.69, 9.17) is 4.98 Å². The molecule has 0 unspecified atom stereocenters. The van der Waals surface area contributed by atoms with Crippen molar-refractivity contribution in [3.63, 3.8) is 0 Å². The van der Waals surface area contributed by atoms with Gasteiger partial charge < -0.3 is 9.47 Å². The van der Waals surface area contributed by atoms with E-state index in [0.717, 1.165) is 49.2 Å². The van der Waals surface area contributed by atoms with E-state index >= 15 is 0 Å². The van der Waals surface area contributed by atoms with Crippen LogP contribution in [0.4, 0.5) is 5.82 Å². The zero-order valence-electron chi connectivity index (χ0n) is 16.0. The maximum absolute atomic E-state index is 4.73. The van der Waals surface area contributed by atoms with Crippen LogP contribution in [-0.2, 0) is 25.9 Å². The molecular formula is C23H23N5. The van der Waals surface area contributed by atoms with Crippen molar-refractivity contribution in [3.05, 3.63) is 83.7 Å². The molecular weight excluding hydrogens is 346 g/mol. The Morgan fingerprint density at radius 2 is 1.86 bits per heavy atom. The first-order chi connectivity index (χ1) is 13.8. The molecule has 0 atom stereocenters. The minimum Gasteiger partial charge on any atom is -0.350 e. The van der Waals surface area contributed by atoms with E-state index in [1.807, 2.05) is 6.33 Å². The fraction of sp³-hybridized carbons (Fsp3) is 0.261. The zero-order valence-corrected chi connectivity index (χ0v) is 16.0. The molecule has 5 nitrogen and oxygen atoms in total. The number of fused-ring (bicyclic) bond motifs is 2. The quantitative estimate of drug-likeness (QED) is 0.547. The largest absolute Gasteiger partial charge is 0.350 e. The summed E-state index contributed by atoms with van der Waals surface area (Å²) in [5.41, 5.74) is 6.11. The lowest BCUT2D eigenvalue weighted by atomic mass is 10.1. The van der Waals surface area contributed by atoms with Crippen LogP contribution in [0.3, 0.4) is 0 Å². The van der Waals surface area contributed by atoms with Gasteiger partial charge in [0.25, 0.3) is 0 Å². The number of anilines is 1. The second-order valence-corrected chi connectivity index (χ2v) is 7.40. The number of nitrogens with zero attached hydrogens (tertiary/aromatic N) is 5. The molecule has 0 saturated carbocycles. The van der Waals surface area contributed by atoms with E-state index in [1.54, 1.807) is 6.33 Å². The fourth-order valence-corrected chi connectivity index (χ4v) is 4.14. The second-order valence-electron chi connectivity index (χ2n) is 7.40. The van der Waals surface area contributed by atoms with Gasteiger partial charge in [-0.3, -0.25) is 0 Å². The molecule has 28 heavy (non-hydrogen) atoms. The Hall–Kier alpha value is -3.21. The van der Waals surface area contributed by atoms with Crippen LogP contribution in [0.25, 0.3) is 10.9 Å². The van der Waals surface area contributed by atoms with Gasteiger partial charge in [-0.25, -0.2) is 15.0 Å². The van der Waals surface area contributed by atoms with Gasteiger partial charge in [-0.05, 0) is 30.5 Å². The Balaban J connectivity index is 1.39. The predicted molar refractivity (Wildman–Crippen MR) is 111 cm³/mol. The van der Waals surface area contributed by atoms with E-state index < -0.39 is 0 Å². The highest BCUT2D eigenvalue weighted by atomic mass is 15.2. The number of aryl methyl sites for hydroxylation is 3. The van der Waals surface area contributed by atoms with Gasteiger partial charge >= 0.3 is 0 Å². The number of benzene rings is 2. The molecule has 0 saturated heterocycles. The van der Waals surface area contributed by atoms with Crippen LogP contribution >= 0.6 is 0 Å². The zero-order chi connectivity index (χ0) is 18.9. The van der Waals surface area contributed by atoms with Crippen LogP contribution < -0.4 is 4.90 Å². The number of hydrogen-bond acceptors (Lipinski definition) is 4. The summed E-state index contributed by atoms with van der Waals surface area (Å²) in [6.45, 7) is 4.85. The molecule has 140 valence electrons. The summed E-state index contributed by atoms with van der Waals surface area (Å²) in [6, 6.07) is 16.9. The molecule has 2 aromatic carbocycles. The Labute approximate surface area is 164 Å². The van der Waals surface area contributed by atoms with E-state index in [1.165, 1.54) is 22.5 Å².